The number of hydrazine groups is 1. The number of benzene rings is 1. The Balaban J connectivity index is 2.04. The summed E-state index contributed by atoms with van der Waals surface area (Å²) < 4.78 is 1.17. The van der Waals surface area contributed by atoms with Crippen LogP contribution in [0.2, 0.25) is 0 Å². The summed E-state index contributed by atoms with van der Waals surface area (Å²) in [7, 11) is 0. The molecular weight excluding hydrogens is 288 g/mol. The summed E-state index contributed by atoms with van der Waals surface area (Å²) in [5.41, 5.74) is 5.55. The van der Waals surface area contributed by atoms with Gasteiger partial charge in [-0.25, -0.2) is 0 Å². The number of hydrogen-bond donors (Lipinski definition) is 2. The predicted molar refractivity (Wildman–Crippen MR) is 80.1 cm³/mol. The van der Waals surface area contributed by atoms with Gasteiger partial charge in [-0.05, 0) is 36.5 Å². The minimum atomic E-state index is 0.282. The van der Waals surface area contributed by atoms with Crippen LogP contribution < -0.4 is 11.3 Å². The van der Waals surface area contributed by atoms with E-state index in [0.29, 0.717) is 0 Å². The average molecular weight is 311 g/mol. The lowest BCUT2D eigenvalue weighted by molar-refractivity contribution is 0.301. The van der Waals surface area contributed by atoms with E-state index in [2.05, 4.69) is 46.5 Å². The van der Waals surface area contributed by atoms with Crippen molar-refractivity contribution in [1.82, 2.24) is 5.43 Å². The lowest BCUT2D eigenvalue weighted by atomic mass is 9.83. The van der Waals surface area contributed by atoms with Crippen LogP contribution in [-0.2, 0) is 0 Å². The van der Waals surface area contributed by atoms with Crippen LogP contribution in [0.3, 0.4) is 0 Å². The topological polar surface area (TPSA) is 38.0 Å². The Kier molecular flexibility index (Phi) is 5.22. The maximum atomic E-state index is 5.74. The molecule has 100 valence electrons. The van der Waals surface area contributed by atoms with Crippen molar-refractivity contribution in [2.45, 2.75) is 51.5 Å². The summed E-state index contributed by atoms with van der Waals surface area (Å²) in [4.78, 5) is 0. The first-order valence-electron chi connectivity index (χ1n) is 6.93. The normalized spacial score (nSPS) is 18.8. The Morgan fingerprint density at radius 1 is 1.33 bits per heavy atom. The van der Waals surface area contributed by atoms with Gasteiger partial charge < -0.3 is 0 Å². The van der Waals surface area contributed by atoms with Crippen LogP contribution in [0, 0.1) is 12.8 Å². The molecule has 0 bridgehead atoms. The van der Waals surface area contributed by atoms with Gasteiger partial charge in [-0.1, -0.05) is 60.2 Å². The Morgan fingerprint density at radius 2 is 2.06 bits per heavy atom. The van der Waals surface area contributed by atoms with Gasteiger partial charge in [0.25, 0.3) is 0 Å². The molecule has 0 aliphatic heterocycles. The second-order valence-electron chi connectivity index (χ2n) is 5.47. The van der Waals surface area contributed by atoms with E-state index in [9.17, 15) is 0 Å². The molecule has 1 aliphatic carbocycles. The van der Waals surface area contributed by atoms with Gasteiger partial charge in [-0.3, -0.25) is 11.3 Å². The van der Waals surface area contributed by atoms with Crippen LogP contribution in [0.5, 0.6) is 0 Å². The van der Waals surface area contributed by atoms with Crippen molar-refractivity contribution in [3.63, 3.8) is 0 Å². The van der Waals surface area contributed by atoms with Crippen LogP contribution >= 0.6 is 15.9 Å². The summed E-state index contributed by atoms with van der Waals surface area (Å²) in [6, 6.07) is 6.82. The van der Waals surface area contributed by atoms with Gasteiger partial charge in [0.2, 0.25) is 0 Å². The van der Waals surface area contributed by atoms with E-state index in [-0.39, 0.29) is 6.04 Å². The molecule has 2 rings (SSSR count). The summed E-state index contributed by atoms with van der Waals surface area (Å²) in [5, 5.41) is 0. The first-order chi connectivity index (χ1) is 8.70. The number of halogens is 1. The van der Waals surface area contributed by atoms with Gasteiger partial charge in [-0.2, -0.15) is 0 Å². The maximum Gasteiger partial charge on any atom is 0.0463 e. The second-order valence-corrected chi connectivity index (χ2v) is 6.32. The molecule has 1 saturated carbocycles. The molecule has 1 aromatic carbocycles. The highest BCUT2D eigenvalue weighted by molar-refractivity contribution is 9.10. The van der Waals surface area contributed by atoms with Gasteiger partial charge in [0.05, 0.1) is 0 Å². The molecule has 1 unspecified atom stereocenters. The van der Waals surface area contributed by atoms with Crippen molar-refractivity contribution in [2.24, 2.45) is 11.8 Å². The molecule has 1 aliphatic rings. The van der Waals surface area contributed by atoms with Crippen molar-refractivity contribution < 1.29 is 0 Å². The van der Waals surface area contributed by atoms with E-state index < -0.39 is 0 Å². The van der Waals surface area contributed by atoms with Crippen molar-refractivity contribution in [2.75, 3.05) is 0 Å². The van der Waals surface area contributed by atoms with Crippen LogP contribution in [0.15, 0.2) is 22.7 Å². The smallest absolute Gasteiger partial charge is 0.0463 e. The molecule has 1 atom stereocenters. The summed E-state index contributed by atoms with van der Waals surface area (Å²) in [5.74, 6) is 6.58. The number of rotatable bonds is 4. The summed E-state index contributed by atoms with van der Waals surface area (Å²) >= 11 is 3.60. The molecule has 0 amide bonds. The highest BCUT2D eigenvalue weighted by Crippen LogP contribution is 2.32. The van der Waals surface area contributed by atoms with E-state index in [0.717, 1.165) is 12.3 Å². The van der Waals surface area contributed by atoms with Crippen LogP contribution in [-0.4, -0.2) is 0 Å². The third-order valence-corrected chi connectivity index (χ3v) is 4.95. The molecule has 3 N–H and O–H groups in total. The molecule has 1 aromatic rings. The first-order valence-corrected chi connectivity index (χ1v) is 7.72. The largest absolute Gasteiger partial charge is 0.271 e. The number of aryl methyl sites for hydroxylation is 1. The zero-order valence-corrected chi connectivity index (χ0v) is 12.7. The Labute approximate surface area is 118 Å². The SMILES string of the molecule is Cc1ccc(C(CC2CCCCC2)NN)cc1Br. The van der Waals surface area contributed by atoms with Crippen molar-refractivity contribution >= 4 is 15.9 Å². The van der Waals surface area contributed by atoms with E-state index in [1.165, 1.54) is 47.7 Å². The fourth-order valence-electron chi connectivity index (χ4n) is 2.88. The summed E-state index contributed by atoms with van der Waals surface area (Å²) in [6.07, 6.45) is 8.08. The highest BCUT2D eigenvalue weighted by Gasteiger charge is 2.19. The maximum absolute atomic E-state index is 5.74. The van der Waals surface area contributed by atoms with Gasteiger partial charge in [-0.15, -0.1) is 0 Å². The number of nitrogens with one attached hydrogen (secondary N) is 1. The lowest BCUT2D eigenvalue weighted by Gasteiger charge is -2.26. The van der Waals surface area contributed by atoms with Crippen molar-refractivity contribution in [1.29, 1.82) is 0 Å². The lowest BCUT2D eigenvalue weighted by Crippen LogP contribution is -2.30. The zero-order chi connectivity index (χ0) is 13.0. The monoisotopic (exact) mass is 310 g/mol. The fraction of sp³-hybridized carbons (Fsp3) is 0.600. The number of nitrogens with two attached hydrogens (primary N) is 1. The molecular formula is C15H23BrN2. The molecule has 0 radical (unpaired) electrons. The van der Waals surface area contributed by atoms with Crippen molar-refractivity contribution in [3.05, 3.63) is 33.8 Å². The standard InChI is InChI=1S/C15H23BrN2/c1-11-7-8-13(10-14(11)16)15(18-17)9-12-5-3-2-4-6-12/h7-8,10,12,15,18H,2-6,9,17H2,1H3. The third-order valence-electron chi connectivity index (χ3n) is 4.09. The number of hydrogen-bond acceptors (Lipinski definition) is 2. The van der Waals surface area contributed by atoms with Gasteiger partial charge in [0.15, 0.2) is 0 Å². The van der Waals surface area contributed by atoms with E-state index in [1.807, 2.05) is 0 Å². The molecule has 3 heteroatoms. The first kappa shape index (κ1) is 14.0. The van der Waals surface area contributed by atoms with Crippen molar-refractivity contribution in [3.8, 4) is 0 Å². The predicted octanol–water partition coefficient (Wildman–Crippen LogP) is 4.23. The summed E-state index contributed by atoms with van der Waals surface area (Å²) in [6.45, 7) is 2.11. The minimum Gasteiger partial charge on any atom is -0.271 e. The van der Waals surface area contributed by atoms with Gasteiger partial charge in [0.1, 0.15) is 0 Å². The van der Waals surface area contributed by atoms with E-state index >= 15 is 0 Å². The Bertz CT molecular complexity index is 386. The van der Waals surface area contributed by atoms with Crippen LogP contribution in [0.1, 0.15) is 55.7 Å². The molecule has 0 spiro atoms. The van der Waals surface area contributed by atoms with Crippen LogP contribution in [0.25, 0.3) is 0 Å². The quantitative estimate of drug-likeness (QED) is 0.645. The highest BCUT2D eigenvalue weighted by atomic mass is 79.9. The van der Waals surface area contributed by atoms with Gasteiger partial charge >= 0.3 is 0 Å². The molecule has 0 saturated heterocycles. The Hall–Kier alpha value is -0.380. The van der Waals surface area contributed by atoms with E-state index in [1.54, 1.807) is 0 Å². The zero-order valence-electron chi connectivity index (χ0n) is 11.1. The average Bonchev–Trinajstić information content (AvgIpc) is 2.40. The van der Waals surface area contributed by atoms with Crippen LogP contribution in [0.4, 0.5) is 0 Å². The fourth-order valence-corrected chi connectivity index (χ4v) is 3.28. The molecule has 0 heterocycles. The molecule has 0 aromatic heterocycles. The molecule has 18 heavy (non-hydrogen) atoms. The second kappa shape index (κ2) is 6.69. The molecule has 2 nitrogen and oxygen atoms in total. The molecule has 1 fully saturated rings. The van der Waals surface area contributed by atoms with Gasteiger partial charge in [0, 0.05) is 10.5 Å². The Morgan fingerprint density at radius 3 is 2.67 bits per heavy atom. The third kappa shape index (κ3) is 3.56. The van der Waals surface area contributed by atoms with E-state index in [4.69, 9.17) is 5.84 Å². The minimum absolute atomic E-state index is 0.282.